The largest absolute Gasteiger partial charge is 1.00 e. The molecule has 1 aliphatic heterocycles. The molecule has 0 aromatic heterocycles. The number of fused-ring (bicyclic) bond motifs is 5. The molecule has 1 aromatic rings. The number of rotatable bonds is 3. The predicted molar refractivity (Wildman–Crippen MR) is 111 cm³/mol. The van der Waals surface area contributed by atoms with E-state index in [9.17, 15) is 35.4 Å². The van der Waals surface area contributed by atoms with Crippen molar-refractivity contribution in [2.45, 2.75) is 87.9 Å². The van der Waals surface area contributed by atoms with E-state index in [1.54, 1.807) is 6.07 Å². The summed E-state index contributed by atoms with van der Waals surface area (Å²) in [5, 5.41) is 62.6. The van der Waals surface area contributed by atoms with Gasteiger partial charge in [-0.3, -0.25) is 0 Å². The normalized spacial score (nSPS) is 45.4. The number of phenols is 1. The van der Waals surface area contributed by atoms with E-state index >= 15 is 0 Å². The molecule has 1 aromatic carbocycles. The van der Waals surface area contributed by atoms with Crippen molar-refractivity contribution in [1.29, 1.82) is 0 Å². The van der Waals surface area contributed by atoms with Gasteiger partial charge in [-0.2, -0.15) is 0 Å². The van der Waals surface area contributed by atoms with Gasteiger partial charge in [-0.15, -0.1) is 0 Å². The van der Waals surface area contributed by atoms with E-state index in [1.165, 1.54) is 11.1 Å². The van der Waals surface area contributed by atoms with Crippen LogP contribution in [0.1, 0.15) is 49.7 Å². The molecule has 10 heteroatoms. The van der Waals surface area contributed by atoms with E-state index in [4.69, 9.17) is 9.47 Å². The average Bonchev–Trinajstić information content (AvgIpc) is 3.03. The number of carbonyl (C=O) groups is 1. The Hall–Kier alpha value is -0.750. The molecule has 9 nitrogen and oxygen atoms in total. The van der Waals surface area contributed by atoms with Crippen LogP contribution in [-0.4, -0.2) is 74.4 Å². The summed E-state index contributed by atoms with van der Waals surface area (Å²) < 4.78 is 11.1. The van der Waals surface area contributed by atoms with Crippen molar-refractivity contribution in [2.75, 3.05) is 0 Å². The number of carboxylic acid groups (broad SMARTS) is 1. The van der Waals surface area contributed by atoms with Crippen LogP contribution in [0.15, 0.2) is 18.2 Å². The van der Waals surface area contributed by atoms with Crippen LogP contribution >= 0.6 is 0 Å². The number of aromatic hydroxyl groups is 1. The van der Waals surface area contributed by atoms with Gasteiger partial charge in [0.15, 0.2) is 6.29 Å². The average molecular weight is 486 g/mol. The maximum absolute atomic E-state index is 11.3. The van der Waals surface area contributed by atoms with Crippen LogP contribution in [0.3, 0.4) is 0 Å². The number of carbonyl (C=O) groups excluding carboxylic acids is 1. The topological polar surface area (TPSA) is 160 Å². The van der Waals surface area contributed by atoms with Gasteiger partial charge in [-0.25, -0.2) is 0 Å². The number of ether oxygens (including phenoxy) is 2. The molecular weight excluding hydrogens is 455 g/mol. The molecule has 1 heterocycles. The van der Waals surface area contributed by atoms with Gasteiger partial charge in [-0.05, 0) is 78.5 Å². The van der Waals surface area contributed by atoms with Crippen LogP contribution in [0, 0.1) is 17.3 Å². The Labute approximate surface area is 220 Å². The van der Waals surface area contributed by atoms with Gasteiger partial charge in [0.1, 0.15) is 30.2 Å². The third-order valence-electron chi connectivity index (χ3n) is 8.77. The number of benzene rings is 1. The molecule has 2 saturated carbocycles. The molecule has 3 unspecified atom stereocenters. The minimum absolute atomic E-state index is 0. The van der Waals surface area contributed by atoms with Gasteiger partial charge < -0.3 is 44.9 Å². The molecule has 11 atom stereocenters. The van der Waals surface area contributed by atoms with E-state index in [2.05, 4.69) is 6.92 Å². The molecule has 0 spiro atoms. The summed E-state index contributed by atoms with van der Waals surface area (Å²) in [4.78, 5) is 11.3. The van der Waals surface area contributed by atoms with E-state index in [1.807, 2.05) is 12.1 Å². The van der Waals surface area contributed by atoms with Crippen molar-refractivity contribution in [3.8, 4) is 5.75 Å². The smallest absolute Gasteiger partial charge is 0.547 e. The number of aliphatic carboxylic acids is 1. The number of phenolic OH excluding ortho intramolecular Hbond substituents is 1. The van der Waals surface area contributed by atoms with Crippen LogP contribution in [0.25, 0.3) is 0 Å². The quantitative estimate of drug-likeness (QED) is 0.270. The summed E-state index contributed by atoms with van der Waals surface area (Å²) in [6, 6.07) is 5.56. The molecule has 0 bridgehead atoms. The molecule has 0 radical (unpaired) electrons. The van der Waals surface area contributed by atoms with Crippen molar-refractivity contribution in [3.63, 3.8) is 0 Å². The first-order valence-corrected chi connectivity index (χ1v) is 11.7. The van der Waals surface area contributed by atoms with E-state index in [-0.39, 0.29) is 41.2 Å². The van der Waals surface area contributed by atoms with Crippen LogP contribution in [0.2, 0.25) is 0 Å². The van der Waals surface area contributed by atoms with Crippen molar-refractivity contribution >= 4 is 5.97 Å². The molecule has 5 rings (SSSR count). The molecule has 3 fully saturated rings. The Balaban J connectivity index is 0.00000274. The number of aryl methyl sites for hydroxylation is 1. The Morgan fingerprint density at radius 1 is 1.15 bits per heavy atom. The number of carboxylic acids is 1. The van der Waals surface area contributed by atoms with Gasteiger partial charge in [0.25, 0.3) is 0 Å². The van der Waals surface area contributed by atoms with Gasteiger partial charge in [0.05, 0.1) is 18.2 Å². The minimum Gasteiger partial charge on any atom is -0.547 e. The minimum atomic E-state index is -1.85. The molecule has 3 aliphatic carbocycles. The SMILES string of the molecule is C[C@]12CCC3c4ccc(O)cc4CCC3C1C[C@@H](O[C@@H]1O[C@H](C(=O)[O-])[C@@H](O)[C@H](O)[C@H]1O)[C@@H]2O.[Na+]. The molecule has 182 valence electrons. The van der Waals surface area contributed by atoms with E-state index in [0.29, 0.717) is 18.3 Å². The Morgan fingerprint density at radius 2 is 1.88 bits per heavy atom. The summed E-state index contributed by atoms with van der Waals surface area (Å²) >= 11 is 0. The molecule has 5 N–H and O–H groups in total. The molecule has 34 heavy (non-hydrogen) atoms. The van der Waals surface area contributed by atoms with Crippen molar-refractivity contribution in [3.05, 3.63) is 29.3 Å². The molecule has 0 amide bonds. The second-order valence-corrected chi connectivity index (χ2v) is 10.4. The maximum Gasteiger partial charge on any atom is 1.00 e. The summed E-state index contributed by atoms with van der Waals surface area (Å²) in [5.41, 5.74) is 2.02. The van der Waals surface area contributed by atoms with Crippen molar-refractivity contribution in [2.24, 2.45) is 17.3 Å². The standard InChI is InChI=1S/C24H32O9.Na/c1-24-7-6-13-12-5-3-11(25)8-10(12)2-4-14(13)15(24)9-16(21(24)29)32-23-19(28)17(26)18(27)20(33-23)22(30)31;/h3,5,8,13-21,23,25-29H,2,4,6-7,9H2,1H3,(H,30,31);/q;+1/p-1/t13?,14?,15?,16-,17+,18+,19-,20+,21+,23-,24+;/m1./s1. The van der Waals surface area contributed by atoms with Crippen LogP contribution in [-0.2, 0) is 20.7 Å². The third kappa shape index (κ3) is 4.13. The molecule has 1 saturated heterocycles. The first-order valence-electron chi connectivity index (χ1n) is 11.7. The van der Waals surface area contributed by atoms with Crippen molar-refractivity contribution in [1.82, 2.24) is 0 Å². The predicted octanol–water partition coefficient (Wildman–Crippen LogP) is -3.83. The summed E-state index contributed by atoms with van der Waals surface area (Å²) in [6.07, 6.45) is -6.26. The fourth-order valence-electron chi connectivity index (χ4n) is 6.99. The Kier molecular flexibility index (Phi) is 7.44. The fourth-order valence-corrected chi connectivity index (χ4v) is 6.99. The zero-order valence-electron chi connectivity index (χ0n) is 19.4. The number of hydrogen-bond acceptors (Lipinski definition) is 9. The van der Waals surface area contributed by atoms with E-state index < -0.39 is 54.3 Å². The molecule has 4 aliphatic rings. The van der Waals surface area contributed by atoms with Gasteiger partial charge in [0, 0.05) is 0 Å². The number of hydrogen-bond donors (Lipinski definition) is 5. The van der Waals surface area contributed by atoms with Crippen LogP contribution < -0.4 is 34.7 Å². The first kappa shape index (κ1) is 26.3. The van der Waals surface area contributed by atoms with Crippen molar-refractivity contribution < 1.29 is 74.5 Å². The molecular formula is C24H31NaO9. The second kappa shape index (κ2) is 9.61. The zero-order valence-corrected chi connectivity index (χ0v) is 21.4. The Morgan fingerprint density at radius 3 is 2.59 bits per heavy atom. The van der Waals surface area contributed by atoms with Crippen LogP contribution in [0.4, 0.5) is 0 Å². The van der Waals surface area contributed by atoms with Gasteiger partial charge >= 0.3 is 29.6 Å². The fraction of sp³-hybridized carbons (Fsp3) is 0.708. The number of aliphatic hydroxyl groups is 4. The maximum atomic E-state index is 11.3. The Bertz CT molecular complexity index is 928. The summed E-state index contributed by atoms with van der Waals surface area (Å²) in [5.74, 6) is -0.652. The van der Waals surface area contributed by atoms with Crippen LogP contribution in [0.5, 0.6) is 5.75 Å². The summed E-state index contributed by atoms with van der Waals surface area (Å²) in [6.45, 7) is 2.05. The van der Waals surface area contributed by atoms with Gasteiger partial charge in [0.2, 0.25) is 0 Å². The second-order valence-electron chi connectivity index (χ2n) is 10.4. The first-order chi connectivity index (χ1) is 15.6. The summed E-state index contributed by atoms with van der Waals surface area (Å²) in [7, 11) is 0. The third-order valence-corrected chi connectivity index (χ3v) is 8.77. The van der Waals surface area contributed by atoms with Gasteiger partial charge in [-0.1, -0.05) is 13.0 Å². The van der Waals surface area contributed by atoms with E-state index in [0.717, 1.165) is 25.7 Å². The monoisotopic (exact) mass is 486 g/mol. The number of aliphatic hydroxyl groups excluding tert-OH is 4. The zero-order chi connectivity index (χ0) is 23.7.